The Morgan fingerprint density at radius 1 is 0.500 bits per heavy atom. The molecule has 2 aliphatic rings. The second-order valence-electron chi connectivity index (χ2n) is 13.4. The summed E-state index contributed by atoms with van der Waals surface area (Å²) < 4.78 is 1.75. The van der Waals surface area contributed by atoms with Crippen molar-refractivity contribution in [2.45, 2.75) is 52.4 Å². The van der Waals surface area contributed by atoms with Gasteiger partial charge in [-0.2, -0.15) is 0 Å². The van der Waals surface area contributed by atoms with Crippen molar-refractivity contribution in [3.8, 4) is 0 Å². The lowest BCUT2D eigenvalue weighted by molar-refractivity contribution is -0.891. The van der Waals surface area contributed by atoms with Crippen molar-refractivity contribution in [3.63, 3.8) is 0 Å². The van der Waals surface area contributed by atoms with Gasteiger partial charge < -0.3 is 8.97 Å². The Bertz CT molecular complexity index is 1260. The van der Waals surface area contributed by atoms with Gasteiger partial charge in [0.1, 0.15) is 0 Å². The summed E-state index contributed by atoms with van der Waals surface area (Å²) in [7, 11) is 8.90. The van der Waals surface area contributed by atoms with Gasteiger partial charge in [0.15, 0.2) is 0 Å². The molecule has 2 aromatic carbocycles. The number of carbonyl (C=O) groups excluding carboxylic acids is 4. The number of hydrogen-bond acceptors (Lipinski definition) is 4. The predicted octanol–water partition coefficient (Wildman–Crippen LogP) is 4.69. The number of aryl methyl sites for hydroxylation is 2. The van der Waals surface area contributed by atoms with E-state index in [1.165, 1.54) is 22.6 Å². The van der Waals surface area contributed by atoms with Gasteiger partial charge in [-0.25, -0.2) is 0 Å². The smallest absolute Gasteiger partial charge is 0.261 e. The first-order chi connectivity index (χ1) is 19.8. The summed E-state index contributed by atoms with van der Waals surface area (Å²) in [4.78, 5) is 53.9. The van der Waals surface area contributed by atoms with E-state index < -0.39 is 0 Å². The van der Waals surface area contributed by atoms with Crippen LogP contribution in [-0.4, -0.2) is 110 Å². The van der Waals surface area contributed by atoms with Crippen LogP contribution in [0.5, 0.6) is 0 Å². The molecule has 0 unspecified atom stereocenters. The van der Waals surface area contributed by atoms with E-state index in [9.17, 15) is 19.2 Å². The fourth-order valence-corrected chi connectivity index (χ4v) is 6.38. The molecule has 0 bridgehead atoms. The SMILES string of the molecule is Cc1cccc2c1C(=O)N(CCC[N+](C)(C)CCCCCC[N+](C)(C)CCCN1C(=O)c3cccc(C)c3C1=O)C2=O. The first-order valence-electron chi connectivity index (χ1n) is 15.4. The van der Waals surface area contributed by atoms with Gasteiger partial charge in [-0.1, -0.05) is 24.3 Å². The minimum atomic E-state index is -0.163. The highest BCUT2D eigenvalue weighted by molar-refractivity contribution is 6.22. The summed E-state index contributed by atoms with van der Waals surface area (Å²) in [5.74, 6) is -0.634. The summed E-state index contributed by atoms with van der Waals surface area (Å²) in [5.41, 5.74) is 3.93. The van der Waals surface area contributed by atoms with E-state index in [0.717, 1.165) is 72.0 Å². The van der Waals surface area contributed by atoms with E-state index in [-0.39, 0.29) is 23.6 Å². The normalized spacial score (nSPS) is 15.2. The van der Waals surface area contributed by atoms with Crippen molar-refractivity contribution in [2.75, 3.05) is 67.5 Å². The minimum absolute atomic E-state index is 0.154. The maximum absolute atomic E-state index is 12.8. The molecule has 42 heavy (non-hydrogen) atoms. The molecule has 0 aliphatic carbocycles. The Labute approximate surface area is 251 Å². The van der Waals surface area contributed by atoms with E-state index in [2.05, 4.69) is 28.2 Å². The number of carbonyl (C=O) groups is 4. The maximum atomic E-state index is 12.8. The number of fused-ring (bicyclic) bond motifs is 2. The zero-order valence-electron chi connectivity index (χ0n) is 26.4. The first-order valence-corrected chi connectivity index (χ1v) is 15.4. The van der Waals surface area contributed by atoms with Crippen LogP contribution in [0.15, 0.2) is 36.4 Å². The van der Waals surface area contributed by atoms with E-state index in [0.29, 0.717) is 35.3 Å². The highest BCUT2D eigenvalue weighted by Crippen LogP contribution is 2.27. The van der Waals surface area contributed by atoms with Crippen molar-refractivity contribution in [2.24, 2.45) is 0 Å². The zero-order chi connectivity index (χ0) is 30.7. The molecule has 8 heteroatoms. The number of amides is 4. The van der Waals surface area contributed by atoms with Crippen molar-refractivity contribution in [3.05, 3.63) is 69.8 Å². The van der Waals surface area contributed by atoms with E-state index >= 15 is 0 Å². The number of imide groups is 2. The van der Waals surface area contributed by atoms with Crippen LogP contribution < -0.4 is 0 Å². The van der Waals surface area contributed by atoms with Crippen LogP contribution in [0.1, 0.15) is 91.1 Å². The van der Waals surface area contributed by atoms with Crippen LogP contribution in [0, 0.1) is 13.8 Å². The summed E-state index contributed by atoms with van der Waals surface area (Å²) in [6.45, 7) is 8.68. The molecule has 0 fully saturated rings. The number of benzene rings is 2. The topological polar surface area (TPSA) is 74.8 Å². The molecule has 0 aromatic heterocycles. The molecule has 226 valence electrons. The van der Waals surface area contributed by atoms with Gasteiger partial charge >= 0.3 is 0 Å². The van der Waals surface area contributed by atoms with Crippen molar-refractivity contribution in [1.29, 1.82) is 0 Å². The number of nitrogens with zero attached hydrogens (tertiary/aromatic N) is 4. The third-order valence-corrected chi connectivity index (χ3v) is 8.98. The summed E-state index contributed by atoms with van der Waals surface area (Å²) >= 11 is 0. The molecular weight excluding hydrogens is 528 g/mol. The second-order valence-corrected chi connectivity index (χ2v) is 13.4. The molecule has 0 spiro atoms. The predicted molar refractivity (Wildman–Crippen MR) is 164 cm³/mol. The molecule has 0 N–H and O–H groups in total. The van der Waals surface area contributed by atoms with E-state index in [1.54, 1.807) is 12.1 Å². The molecular formula is C34H48N4O4+2. The fraction of sp³-hybridized carbons (Fsp3) is 0.529. The van der Waals surface area contributed by atoms with Gasteiger partial charge in [0.25, 0.3) is 23.6 Å². The molecule has 2 heterocycles. The first kappa shape index (κ1) is 31.6. The lowest BCUT2D eigenvalue weighted by Gasteiger charge is -2.31. The number of unbranched alkanes of at least 4 members (excludes halogenated alkanes) is 3. The molecule has 0 radical (unpaired) electrons. The van der Waals surface area contributed by atoms with Crippen LogP contribution >= 0.6 is 0 Å². The third kappa shape index (κ3) is 6.98. The molecule has 0 saturated heterocycles. The molecule has 2 aliphatic heterocycles. The lowest BCUT2D eigenvalue weighted by Crippen LogP contribution is -2.43. The highest BCUT2D eigenvalue weighted by Gasteiger charge is 2.37. The highest BCUT2D eigenvalue weighted by atomic mass is 16.2. The molecule has 0 saturated carbocycles. The summed E-state index contributed by atoms with van der Waals surface area (Å²) in [6, 6.07) is 10.9. The Morgan fingerprint density at radius 2 is 0.857 bits per heavy atom. The van der Waals surface area contributed by atoms with Gasteiger partial charge in [-0.05, 0) is 62.8 Å². The standard InChI is InChI=1S/C34H48N4O4/c1-25-15-11-17-27-29(25)33(41)35(31(27)39)19-13-23-37(3,4)21-9-7-8-10-22-38(5,6)24-14-20-36-32(40)28-18-12-16-26(2)30(28)34(36)42/h11-12,15-18H,7-10,13-14,19-24H2,1-6H3/q+2. The van der Waals surface area contributed by atoms with Crippen LogP contribution in [0.25, 0.3) is 0 Å². The van der Waals surface area contributed by atoms with Crippen LogP contribution in [0.2, 0.25) is 0 Å². The van der Waals surface area contributed by atoms with Crippen molar-refractivity contribution < 1.29 is 28.1 Å². The Hall–Kier alpha value is -3.36. The van der Waals surface area contributed by atoms with Crippen LogP contribution in [0.3, 0.4) is 0 Å². The Morgan fingerprint density at radius 3 is 1.21 bits per heavy atom. The number of hydrogen-bond donors (Lipinski definition) is 0. The quantitative estimate of drug-likeness (QED) is 0.175. The minimum Gasteiger partial charge on any atom is -0.328 e. The number of quaternary nitrogens is 2. The molecule has 2 aromatic rings. The Balaban J connectivity index is 1.09. The molecule has 4 rings (SSSR count). The van der Waals surface area contributed by atoms with Gasteiger partial charge in [-0.3, -0.25) is 29.0 Å². The Kier molecular flexibility index (Phi) is 9.68. The third-order valence-electron chi connectivity index (χ3n) is 8.98. The molecule has 0 atom stereocenters. The van der Waals surface area contributed by atoms with Crippen molar-refractivity contribution in [1.82, 2.24) is 9.80 Å². The average molecular weight is 577 g/mol. The zero-order valence-corrected chi connectivity index (χ0v) is 26.4. The summed E-state index contributed by atoms with van der Waals surface area (Å²) in [5, 5.41) is 0. The molecule has 4 amide bonds. The van der Waals surface area contributed by atoms with E-state index in [1.807, 2.05) is 38.1 Å². The van der Waals surface area contributed by atoms with Crippen molar-refractivity contribution >= 4 is 23.6 Å². The fourth-order valence-electron chi connectivity index (χ4n) is 6.38. The van der Waals surface area contributed by atoms with Crippen LogP contribution in [-0.2, 0) is 0 Å². The largest absolute Gasteiger partial charge is 0.328 e. The van der Waals surface area contributed by atoms with Gasteiger partial charge in [0.05, 0.1) is 76.6 Å². The van der Waals surface area contributed by atoms with Gasteiger partial charge in [-0.15, -0.1) is 0 Å². The average Bonchev–Trinajstić information content (AvgIpc) is 3.32. The van der Waals surface area contributed by atoms with E-state index in [4.69, 9.17) is 0 Å². The number of rotatable bonds is 15. The second kappa shape index (κ2) is 12.9. The van der Waals surface area contributed by atoms with Crippen LogP contribution in [0.4, 0.5) is 0 Å². The monoisotopic (exact) mass is 576 g/mol. The lowest BCUT2D eigenvalue weighted by atomic mass is 10.0. The van der Waals surface area contributed by atoms with Gasteiger partial charge in [0.2, 0.25) is 0 Å². The summed E-state index contributed by atoms with van der Waals surface area (Å²) in [6.07, 6.45) is 6.23. The maximum Gasteiger partial charge on any atom is 0.261 e. The van der Waals surface area contributed by atoms with Gasteiger partial charge in [0, 0.05) is 25.9 Å². The molecule has 8 nitrogen and oxygen atoms in total.